The molecule has 1 unspecified atom stereocenters. The van der Waals surface area contributed by atoms with Crippen molar-refractivity contribution in [2.24, 2.45) is 0 Å². The first kappa shape index (κ1) is 22.7. The Balaban J connectivity index is 0.000000370. The molecule has 0 aromatic carbocycles. The summed E-state index contributed by atoms with van der Waals surface area (Å²) >= 11 is 1.78. The summed E-state index contributed by atoms with van der Waals surface area (Å²) in [4.78, 5) is 26.0. The third-order valence-corrected chi connectivity index (χ3v) is 4.91. The largest absolute Gasteiger partial charge is 0.490 e. The van der Waals surface area contributed by atoms with E-state index in [1.54, 1.807) is 30.3 Å². The standard InChI is InChI=1S/C15H21N5OS.C2HF3O2/c1-18(2)15(21)16-8-13-10-19(11-14-4-3-7-22-14)9-12-5-6-17-20(12)13;3-2(4,5)1(6)7/h3-7,13H,8-11H2,1-2H3,(H,16,21);(H,6,7). The Labute approximate surface area is 169 Å². The van der Waals surface area contributed by atoms with Crippen molar-refractivity contribution in [3.8, 4) is 0 Å². The number of carboxylic acids is 1. The monoisotopic (exact) mass is 433 g/mol. The molecule has 29 heavy (non-hydrogen) atoms. The fourth-order valence-corrected chi connectivity index (χ4v) is 3.47. The molecule has 2 aromatic heterocycles. The first-order valence-corrected chi connectivity index (χ1v) is 9.48. The Kier molecular flexibility index (Phi) is 7.62. The highest BCUT2D eigenvalue weighted by atomic mass is 32.1. The number of nitrogens with one attached hydrogen (secondary N) is 1. The number of hydrogen-bond donors (Lipinski definition) is 2. The number of aromatic nitrogens is 2. The van der Waals surface area contributed by atoms with E-state index in [0.717, 1.165) is 19.6 Å². The van der Waals surface area contributed by atoms with Crippen molar-refractivity contribution >= 4 is 23.3 Å². The van der Waals surface area contributed by atoms with Crippen LogP contribution >= 0.6 is 11.3 Å². The van der Waals surface area contributed by atoms with Gasteiger partial charge in [0.2, 0.25) is 0 Å². The lowest BCUT2D eigenvalue weighted by molar-refractivity contribution is -0.192. The van der Waals surface area contributed by atoms with Gasteiger partial charge in [-0.25, -0.2) is 9.59 Å². The van der Waals surface area contributed by atoms with E-state index < -0.39 is 12.1 Å². The van der Waals surface area contributed by atoms with E-state index >= 15 is 0 Å². The molecule has 160 valence electrons. The van der Waals surface area contributed by atoms with Crippen LogP contribution < -0.4 is 5.32 Å². The van der Waals surface area contributed by atoms with Crippen LogP contribution in [0.4, 0.5) is 18.0 Å². The van der Waals surface area contributed by atoms with Gasteiger partial charge in [-0.1, -0.05) is 6.07 Å². The lowest BCUT2D eigenvalue weighted by Crippen LogP contribution is -2.44. The molecule has 0 spiro atoms. The van der Waals surface area contributed by atoms with Crippen LogP contribution in [0.5, 0.6) is 0 Å². The zero-order chi connectivity index (χ0) is 21.6. The van der Waals surface area contributed by atoms with Gasteiger partial charge in [-0.05, 0) is 17.5 Å². The molecule has 3 rings (SSSR count). The van der Waals surface area contributed by atoms with Crippen LogP contribution in [0.1, 0.15) is 16.6 Å². The SMILES string of the molecule is CN(C)C(=O)NCC1CN(Cc2cccs2)Cc2ccnn21.O=C(O)C(F)(F)F. The molecular weight excluding hydrogens is 411 g/mol. The molecule has 0 fully saturated rings. The summed E-state index contributed by atoms with van der Waals surface area (Å²) in [5, 5.41) is 16.6. The van der Waals surface area contributed by atoms with Crippen LogP contribution in [-0.2, 0) is 17.9 Å². The van der Waals surface area contributed by atoms with Crippen LogP contribution in [0.15, 0.2) is 29.8 Å². The molecule has 12 heteroatoms. The molecule has 0 radical (unpaired) electrons. The Morgan fingerprint density at radius 3 is 2.62 bits per heavy atom. The molecule has 1 aliphatic heterocycles. The maximum atomic E-state index is 11.7. The Bertz CT molecular complexity index is 808. The summed E-state index contributed by atoms with van der Waals surface area (Å²) in [6.45, 7) is 3.32. The number of thiophene rings is 1. The number of rotatable bonds is 4. The van der Waals surface area contributed by atoms with E-state index in [2.05, 4.69) is 38.9 Å². The Hall–Kier alpha value is -2.60. The Morgan fingerprint density at radius 2 is 2.07 bits per heavy atom. The van der Waals surface area contributed by atoms with E-state index in [-0.39, 0.29) is 12.1 Å². The van der Waals surface area contributed by atoms with Gasteiger partial charge in [0.15, 0.2) is 0 Å². The van der Waals surface area contributed by atoms with Crippen LogP contribution in [0.3, 0.4) is 0 Å². The number of carboxylic acid groups (broad SMARTS) is 1. The number of nitrogens with zero attached hydrogens (tertiary/aromatic N) is 4. The second kappa shape index (κ2) is 9.74. The summed E-state index contributed by atoms with van der Waals surface area (Å²) < 4.78 is 33.8. The van der Waals surface area contributed by atoms with Crippen molar-refractivity contribution in [2.45, 2.75) is 25.3 Å². The fourth-order valence-electron chi connectivity index (χ4n) is 2.72. The van der Waals surface area contributed by atoms with Crippen LogP contribution in [-0.4, -0.2) is 70.0 Å². The van der Waals surface area contributed by atoms with E-state index in [4.69, 9.17) is 9.90 Å². The third kappa shape index (κ3) is 6.75. The zero-order valence-electron chi connectivity index (χ0n) is 15.9. The van der Waals surface area contributed by atoms with Crippen LogP contribution in [0, 0.1) is 0 Å². The average molecular weight is 433 g/mol. The van der Waals surface area contributed by atoms with Gasteiger partial charge >= 0.3 is 18.2 Å². The van der Waals surface area contributed by atoms with E-state index in [1.807, 2.05) is 10.9 Å². The third-order valence-electron chi connectivity index (χ3n) is 4.05. The lowest BCUT2D eigenvalue weighted by atomic mass is 10.2. The molecule has 2 N–H and O–H groups in total. The quantitative estimate of drug-likeness (QED) is 0.773. The van der Waals surface area contributed by atoms with Gasteiger partial charge in [0, 0.05) is 51.3 Å². The smallest absolute Gasteiger partial charge is 0.475 e. The molecule has 0 saturated heterocycles. The molecule has 1 atom stereocenters. The number of fused-ring (bicyclic) bond motifs is 1. The van der Waals surface area contributed by atoms with E-state index in [1.165, 1.54) is 10.6 Å². The number of carbonyl (C=O) groups is 2. The maximum Gasteiger partial charge on any atom is 0.490 e. The normalized spacial score (nSPS) is 16.4. The van der Waals surface area contributed by atoms with Gasteiger partial charge in [-0.2, -0.15) is 18.3 Å². The molecule has 0 saturated carbocycles. The molecule has 0 aliphatic carbocycles. The number of hydrogen-bond acceptors (Lipinski definition) is 5. The molecule has 2 amide bonds. The molecule has 1 aliphatic rings. The van der Waals surface area contributed by atoms with Crippen molar-refractivity contribution in [3.05, 3.63) is 40.3 Å². The van der Waals surface area contributed by atoms with Gasteiger partial charge in [0.05, 0.1) is 11.7 Å². The number of halogens is 3. The second-order valence-corrected chi connectivity index (χ2v) is 7.59. The number of urea groups is 1. The van der Waals surface area contributed by atoms with Gasteiger partial charge in [-0.15, -0.1) is 11.3 Å². The number of alkyl halides is 3. The van der Waals surface area contributed by atoms with Crippen molar-refractivity contribution in [2.75, 3.05) is 27.2 Å². The van der Waals surface area contributed by atoms with Crippen molar-refractivity contribution in [3.63, 3.8) is 0 Å². The summed E-state index contributed by atoms with van der Waals surface area (Å²) in [6.07, 6.45) is -3.25. The zero-order valence-corrected chi connectivity index (χ0v) is 16.7. The summed E-state index contributed by atoms with van der Waals surface area (Å²) in [6, 6.07) is 6.41. The minimum Gasteiger partial charge on any atom is -0.475 e. The van der Waals surface area contributed by atoms with Gasteiger partial charge in [0.1, 0.15) is 0 Å². The van der Waals surface area contributed by atoms with Gasteiger partial charge < -0.3 is 15.3 Å². The molecular formula is C17H22F3N5O3S. The highest BCUT2D eigenvalue weighted by Gasteiger charge is 2.38. The molecule has 3 heterocycles. The maximum absolute atomic E-state index is 11.7. The minimum atomic E-state index is -5.08. The topological polar surface area (TPSA) is 90.7 Å². The van der Waals surface area contributed by atoms with E-state index in [9.17, 15) is 18.0 Å². The summed E-state index contributed by atoms with van der Waals surface area (Å²) in [5.41, 5.74) is 1.20. The summed E-state index contributed by atoms with van der Waals surface area (Å²) in [5.74, 6) is -2.76. The van der Waals surface area contributed by atoms with E-state index in [0.29, 0.717) is 6.54 Å². The van der Waals surface area contributed by atoms with Gasteiger partial charge in [0.25, 0.3) is 0 Å². The predicted octanol–water partition coefficient (Wildman–Crippen LogP) is 2.41. The fraction of sp³-hybridized carbons (Fsp3) is 0.471. The summed E-state index contributed by atoms with van der Waals surface area (Å²) in [7, 11) is 3.50. The number of aliphatic carboxylic acids is 1. The predicted molar refractivity (Wildman–Crippen MR) is 100 cm³/mol. The number of amides is 2. The Morgan fingerprint density at radius 1 is 1.38 bits per heavy atom. The van der Waals surface area contributed by atoms with Gasteiger partial charge in [-0.3, -0.25) is 9.58 Å². The van der Waals surface area contributed by atoms with Crippen LogP contribution in [0.25, 0.3) is 0 Å². The molecule has 8 nitrogen and oxygen atoms in total. The van der Waals surface area contributed by atoms with Crippen molar-refractivity contribution in [1.29, 1.82) is 0 Å². The first-order valence-electron chi connectivity index (χ1n) is 8.60. The van der Waals surface area contributed by atoms with Crippen molar-refractivity contribution < 1.29 is 27.9 Å². The molecule has 0 bridgehead atoms. The first-order chi connectivity index (χ1) is 13.6. The van der Waals surface area contributed by atoms with Crippen molar-refractivity contribution in [1.82, 2.24) is 24.9 Å². The highest BCUT2D eigenvalue weighted by molar-refractivity contribution is 7.09. The minimum absolute atomic E-state index is 0.0657. The number of carbonyl (C=O) groups excluding carboxylic acids is 1. The molecule has 2 aromatic rings. The highest BCUT2D eigenvalue weighted by Crippen LogP contribution is 2.23. The van der Waals surface area contributed by atoms with Crippen LogP contribution in [0.2, 0.25) is 0 Å². The second-order valence-electron chi connectivity index (χ2n) is 6.55. The lowest BCUT2D eigenvalue weighted by Gasteiger charge is -2.33. The average Bonchev–Trinajstić information content (AvgIpc) is 3.30.